The number of hydrogen-bond donors (Lipinski definition) is 0. The molecule has 0 spiro atoms. The Hall–Kier alpha value is -1.54. The van der Waals surface area contributed by atoms with Crippen molar-refractivity contribution in [3.05, 3.63) is 23.6 Å². The molecule has 0 N–H and O–H groups in total. The van der Waals surface area contributed by atoms with Gasteiger partial charge in [0.1, 0.15) is 11.4 Å². The van der Waals surface area contributed by atoms with Crippen LogP contribution >= 0.6 is 23.1 Å². The number of nitrogens with zero attached hydrogens (tertiary/aromatic N) is 6. The molecule has 8 heteroatoms. The van der Waals surface area contributed by atoms with Crippen LogP contribution in [-0.4, -0.2) is 30.2 Å². The fraction of sp³-hybridized carbons (Fsp3) is 0.417. The predicted molar refractivity (Wildman–Crippen MR) is 77.8 cm³/mol. The molecular weight excluding hydrogens is 292 g/mol. The largest absolute Gasteiger partial charge is 0.235 e. The van der Waals surface area contributed by atoms with Crippen LogP contribution in [-0.2, 0) is 0 Å². The van der Waals surface area contributed by atoms with Gasteiger partial charge in [-0.25, -0.2) is 14.6 Å². The van der Waals surface area contributed by atoms with Crippen molar-refractivity contribution in [1.29, 1.82) is 0 Å². The zero-order chi connectivity index (χ0) is 13.5. The Morgan fingerprint density at radius 2 is 2.30 bits per heavy atom. The molecule has 3 aromatic heterocycles. The molecule has 1 fully saturated rings. The molecule has 0 bridgehead atoms. The Morgan fingerprint density at radius 1 is 1.40 bits per heavy atom. The Morgan fingerprint density at radius 3 is 3.15 bits per heavy atom. The molecule has 1 aliphatic carbocycles. The van der Waals surface area contributed by atoms with E-state index in [2.05, 4.69) is 32.4 Å². The molecular formula is C12H12N6S2. The van der Waals surface area contributed by atoms with Gasteiger partial charge in [0.2, 0.25) is 0 Å². The van der Waals surface area contributed by atoms with Crippen LogP contribution < -0.4 is 0 Å². The summed E-state index contributed by atoms with van der Waals surface area (Å²) in [5.41, 5.74) is 1.00. The van der Waals surface area contributed by atoms with Gasteiger partial charge in [-0.2, -0.15) is 0 Å². The van der Waals surface area contributed by atoms with E-state index >= 15 is 0 Å². The highest BCUT2D eigenvalue weighted by atomic mass is 32.2. The van der Waals surface area contributed by atoms with Crippen LogP contribution in [0.25, 0.3) is 10.2 Å². The summed E-state index contributed by atoms with van der Waals surface area (Å²) in [6.45, 7) is 2.12. The highest BCUT2D eigenvalue weighted by Gasteiger charge is 2.30. The van der Waals surface area contributed by atoms with Crippen LogP contribution in [0.15, 0.2) is 22.8 Å². The Kier molecular flexibility index (Phi) is 2.92. The molecule has 0 amide bonds. The van der Waals surface area contributed by atoms with Crippen LogP contribution in [0.3, 0.4) is 0 Å². The van der Waals surface area contributed by atoms with Crippen molar-refractivity contribution in [3.63, 3.8) is 0 Å². The zero-order valence-electron chi connectivity index (χ0n) is 10.8. The molecule has 20 heavy (non-hydrogen) atoms. The number of tetrazole rings is 1. The van der Waals surface area contributed by atoms with E-state index in [1.807, 2.05) is 16.1 Å². The van der Waals surface area contributed by atoms with Gasteiger partial charge in [-0.1, -0.05) is 11.8 Å². The third-order valence-electron chi connectivity index (χ3n) is 3.27. The van der Waals surface area contributed by atoms with Crippen molar-refractivity contribution in [1.82, 2.24) is 30.2 Å². The lowest BCUT2D eigenvalue weighted by Crippen LogP contribution is -2.05. The highest BCUT2D eigenvalue weighted by molar-refractivity contribution is 7.99. The minimum absolute atomic E-state index is 0.172. The average molecular weight is 304 g/mol. The first kappa shape index (κ1) is 12.2. The normalized spacial score (nSPS) is 16.6. The van der Waals surface area contributed by atoms with Crippen molar-refractivity contribution in [2.75, 3.05) is 0 Å². The van der Waals surface area contributed by atoms with Crippen LogP contribution in [0.2, 0.25) is 0 Å². The predicted octanol–water partition coefficient (Wildman–Crippen LogP) is 2.87. The summed E-state index contributed by atoms with van der Waals surface area (Å²) in [7, 11) is 0. The third-order valence-corrected chi connectivity index (χ3v) is 5.41. The summed E-state index contributed by atoms with van der Waals surface area (Å²) in [5, 5.41) is 15.3. The number of hydrogen-bond acceptors (Lipinski definition) is 7. The van der Waals surface area contributed by atoms with Gasteiger partial charge >= 0.3 is 0 Å². The molecule has 3 aromatic rings. The first-order chi connectivity index (χ1) is 9.83. The molecule has 0 aromatic carbocycles. The Bertz CT molecular complexity index is 747. The van der Waals surface area contributed by atoms with E-state index in [-0.39, 0.29) is 5.25 Å². The smallest absolute Gasteiger partial charge is 0.164 e. The molecule has 0 aliphatic heterocycles. The van der Waals surface area contributed by atoms with E-state index in [0.29, 0.717) is 6.04 Å². The molecule has 0 saturated heterocycles. The highest BCUT2D eigenvalue weighted by Crippen LogP contribution is 2.41. The zero-order valence-corrected chi connectivity index (χ0v) is 12.4. The summed E-state index contributed by atoms with van der Waals surface area (Å²) < 4.78 is 3.10. The van der Waals surface area contributed by atoms with Gasteiger partial charge in [-0.3, -0.25) is 0 Å². The van der Waals surface area contributed by atoms with Crippen molar-refractivity contribution in [2.45, 2.75) is 36.1 Å². The second-order valence-corrected chi connectivity index (χ2v) is 7.03. The van der Waals surface area contributed by atoms with Gasteiger partial charge < -0.3 is 0 Å². The minimum Gasteiger partial charge on any atom is -0.235 e. The standard InChI is InChI=1S/C12H12N6S2/c1-7(11-15-16-17-18(11)8-2-3-8)20-12-10-9(4-5-19-10)13-6-14-12/h4-8H,2-3H2,1H3/t7-/m0/s1. The molecule has 3 heterocycles. The fourth-order valence-electron chi connectivity index (χ4n) is 2.12. The van der Waals surface area contributed by atoms with Crippen LogP contribution in [0.1, 0.15) is 36.9 Å². The Labute approximate surface area is 123 Å². The SMILES string of the molecule is C[C@H](Sc1ncnc2ccsc12)c1nnnn1C1CC1. The summed E-state index contributed by atoms with van der Waals surface area (Å²) in [4.78, 5) is 8.67. The van der Waals surface area contributed by atoms with Crippen molar-refractivity contribution < 1.29 is 0 Å². The van der Waals surface area contributed by atoms with Crippen molar-refractivity contribution >= 4 is 33.3 Å². The molecule has 1 aliphatic rings. The lowest BCUT2D eigenvalue weighted by molar-refractivity contribution is 0.583. The molecule has 1 atom stereocenters. The number of fused-ring (bicyclic) bond motifs is 1. The van der Waals surface area contributed by atoms with Crippen molar-refractivity contribution in [2.24, 2.45) is 0 Å². The van der Waals surface area contributed by atoms with Crippen LogP contribution in [0, 0.1) is 0 Å². The van der Waals surface area contributed by atoms with Crippen LogP contribution in [0.5, 0.6) is 0 Å². The van der Waals surface area contributed by atoms with E-state index in [1.54, 1.807) is 29.4 Å². The van der Waals surface area contributed by atoms with Gasteiger partial charge in [0.25, 0.3) is 0 Å². The van der Waals surface area contributed by atoms with E-state index in [1.165, 1.54) is 12.8 Å². The van der Waals surface area contributed by atoms with Crippen LogP contribution in [0.4, 0.5) is 0 Å². The molecule has 102 valence electrons. The lowest BCUT2D eigenvalue weighted by Gasteiger charge is -2.10. The topological polar surface area (TPSA) is 69.4 Å². The van der Waals surface area contributed by atoms with E-state index < -0.39 is 0 Å². The average Bonchev–Trinajstić information content (AvgIpc) is 3.00. The monoisotopic (exact) mass is 304 g/mol. The van der Waals surface area contributed by atoms with Gasteiger partial charge in [0.15, 0.2) is 5.82 Å². The third kappa shape index (κ3) is 2.08. The number of rotatable bonds is 4. The maximum Gasteiger partial charge on any atom is 0.164 e. The first-order valence-corrected chi connectivity index (χ1v) is 8.21. The fourth-order valence-corrected chi connectivity index (χ4v) is 4.05. The molecule has 0 unspecified atom stereocenters. The van der Waals surface area contributed by atoms with Gasteiger partial charge in [-0.05, 0) is 41.6 Å². The van der Waals surface area contributed by atoms with Gasteiger partial charge in [0.05, 0.1) is 21.5 Å². The first-order valence-electron chi connectivity index (χ1n) is 6.45. The van der Waals surface area contributed by atoms with Gasteiger partial charge in [-0.15, -0.1) is 16.4 Å². The maximum absolute atomic E-state index is 4.40. The summed E-state index contributed by atoms with van der Waals surface area (Å²) in [6.07, 6.45) is 3.98. The summed E-state index contributed by atoms with van der Waals surface area (Å²) >= 11 is 3.36. The number of thioether (sulfide) groups is 1. The molecule has 4 rings (SSSR count). The quantitative estimate of drug-likeness (QED) is 0.545. The van der Waals surface area contributed by atoms with E-state index in [9.17, 15) is 0 Å². The molecule has 6 nitrogen and oxygen atoms in total. The second-order valence-electron chi connectivity index (χ2n) is 4.79. The number of thiophene rings is 1. The lowest BCUT2D eigenvalue weighted by atomic mass is 10.4. The van der Waals surface area contributed by atoms with E-state index in [0.717, 1.165) is 21.1 Å². The Balaban J connectivity index is 1.64. The summed E-state index contributed by atoms with van der Waals surface area (Å²) in [5.74, 6) is 0.931. The number of aromatic nitrogens is 6. The second kappa shape index (κ2) is 4.78. The molecule has 0 radical (unpaired) electrons. The van der Waals surface area contributed by atoms with E-state index in [4.69, 9.17) is 0 Å². The van der Waals surface area contributed by atoms with Crippen molar-refractivity contribution in [3.8, 4) is 0 Å². The van der Waals surface area contributed by atoms with Gasteiger partial charge in [0, 0.05) is 0 Å². The maximum atomic E-state index is 4.40. The minimum atomic E-state index is 0.172. The molecule has 1 saturated carbocycles. The summed E-state index contributed by atoms with van der Waals surface area (Å²) in [6, 6.07) is 2.51.